The second kappa shape index (κ2) is 9.40. The zero-order valence-corrected chi connectivity index (χ0v) is 14.7. The smallest absolute Gasteiger partial charge is 0.193 e. The van der Waals surface area contributed by atoms with Crippen molar-refractivity contribution in [3.63, 3.8) is 0 Å². The summed E-state index contributed by atoms with van der Waals surface area (Å²) in [5.74, 6) is 1.99. The highest BCUT2D eigenvalue weighted by Crippen LogP contribution is 2.18. The monoisotopic (exact) mass is 318 g/mol. The Morgan fingerprint density at radius 2 is 1.96 bits per heavy atom. The quantitative estimate of drug-likeness (QED) is 0.495. The van der Waals surface area contributed by atoms with Gasteiger partial charge in [-0.15, -0.1) is 0 Å². The molecule has 1 N–H and O–H groups in total. The first-order valence-corrected chi connectivity index (χ1v) is 8.51. The number of nitrogens with one attached hydrogen (secondary N) is 1. The van der Waals surface area contributed by atoms with Crippen LogP contribution in [-0.2, 0) is 0 Å². The van der Waals surface area contributed by atoms with Crippen molar-refractivity contribution in [1.82, 2.24) is 15.1 Å². The Bertz CT molecular complexity index is 467. The average molecular weight is 318 g/mol. The molecule has 128 valence electrons. The highest BCUT2D eigenvalue weighted by molar-refractivity contribution is 5.79. The van der Waals surface area contributed by atoms with Crippen LogP contribution in [0.5, 0.6) is 5.75 Å². The van der Waals surface area contributed by atoms with Crippen LogP contribution in [0.3, 0.4) is 0 Å². The summed E-state index contributed by atoms with van der Waals surface area (Å²) in [4.78, 5) is 8.95. The molecule has 2 rings (SSSR count). The van der Waals surface area contributed by atoms with Crippen LogP contribution in [0.15, 0.2) is 35.3 Å². The second-order valence-corrected chi connectivity index (χ2v) is 6.25. The Hall–Kier alpha value is -1.75. The number of aliphatic imine (C=N–C) groups is 1. The third kappa shape index (κ3) is 6.10. The first-order chi connectivity index (χ1) is 11.2. The summed E-state index contributed by atoms with van der Waals surface area (Å²) >= 11 is 0. The molecule has 0 aliphatic carbocycles. The van der Waals surface area contributed by atoms with E-state index in [1.807, 2.05) is 37.4 Å². The van der Waals surface area contributed by atoms with E-state index in [0.717, 1.165) is 57.2 Å². The molecule has 1 saturated heterocycles. The van der Waals surface area contributed by atoms with Gasteiger partial charge >= 0.3 is 0 Å². The van der Waals surface area contributed by atoms with Crippen LogP contribution in [-0.4, -0.2) is 69.2 Å². The molecule has 1 heterocycles. The van der Waals surface area contributed by atoms with E-state index in [-0.39, 0.29) is 0 Å². The highest BCUT2D eigenvalue weighted by Gasteiger charge is 2.22. The molecule has 1 aliphatic heterocycles. The molecule has 0 aromatic heterocycles. The molecule has 0 bridgehead atoms. The number of piperidine rings is 1. The minimum Gasteiger partial charge on any atom is -0.490 e. The Morgan fingerprint density at radius 1 is 1.26 bits per heavy atom. The van der Waals surface area contributed by atoms with Gasteiger partial charge in [0, 0.05) is 39.5 Å². The topological polar surface area (TPSA) is 40.1 Å². The van der Waals surface area contributed by atoms with Gasteiger partial charge in [-0.25, -0.2) is 0 Å². The summed E-state index contributed by atoms with van der Waals surface area (Å²) in [6.45, 7) is 4.04. The zero-order valence-electron chi connectivity index (χ0n) is 14.7. The molecule has 0 radical (unpaired) electrons. The van der Waals surface area contributed by atoms with Gasteiger partial charge in [-0.1, -0.05) is 18.2 Å². The SMILES string of the molecule is CN=C(NCCCN(C)C)N1CCC(Oc2ccccc2)CC1. The Balaban J connectivity index is 1.72. The summed E-state index contributed by atoms with van der Waals surface area (Å²) in [6, 6.07) is 10.1. The second-order valence-electron chi connectivity index (χ2n) is 6.25. The number of ether oxygens (including phenoxy) is 1. The van der Waals surface area contributed by atoms with Gasteiger partial charge in [0.2, 0.25) is 0 Å². The first kappa shape index (κ1) is 17.6. The van der Waals surface area contributed by atoms with Gasteiger partial charge in [0.1, 0.15) is 11.9 Å². The van der Waals surface area contributed by atoms with Crippen LogP contribution >= 0.6 is 0 Å². The fourth-order valence-electron chi connectivity index (χ4n) is 2.80. The molecule has 23 heavy (non-hydrogen) atoms. The fourth-order valence-corrected chi connectivity index (χ4v) is 2.80. The molecule has 0 saturated carbocycles. The Kier molecular flexibility index (Phi) is 7.20. The molecule has 5 nitrogen and oxygen atoms in total. The third-order valence-corrected chi connectivity index (χ3v) is 4.06. The van der Waals surface area contributed by atoms with Gasteiger partial charge in [-0.3, -0.25) is 4.99 Å². The number of nitrogens with zero attached hydrogens (tertiary/aromatic N) is 3. The van der Waals surface area contributed by atoms with Crippen LogP contribution < -0.4 is 10.1 Å². The van der Waals surface area contributed by atoms with E-state index in [4.69, 9.17) is 4.74 Å². The number of likely N-dealkylation sites (tertiary alicyclic amines) is 1. The number of hydrogen-bond acceptors (Lipinski definition) is 3. The molecule has 0 amide bonds. The van der Waals surface area contributed by atoms with E-state index in [9.17, 15) is 0 Å². The van der Waals surface area contributed by atoms with Crippen molar-refractivity contribution in [2.75, 3.05) is 47.3 Å². The van der Waals surface area contributed by atoms with Crippen LogP contribution in [0.1, 0.15) is 19.3 Å². The molecule has 5 heteroatoms. The molecule has 1 aromatic rings. The summed E-state index contributed by atoms with van der Waals surface area (Å²) < 4.78 is 6.05. The molecular formula is C18H30N4O. The molecule has 0 atom stereocenters. The summed E-state index contributed by atoms with van der Waals surface area (Å²) in [6.07, 6.45) is 3.50. The molecule has 0 unspecified atom stereocenters. The van der Waals surface area contributed by atoms with E-state index < -0.39 is 0 Å². The number of guanidine groups is 1. The molecule has 1 fully saturated rings. The number of rotatable bonds is 6. The van der Waals surface area contributed by atoms with E-state index in [1.54, 1.807) is 0 Å². The minimum absolute atomic E-state index is 0.306. The number of benzene rings is 1. The largest absolute Gasteiger partial charge is 0.490 e. The van der Waals surface area contributed by atoms with Crippen molar-refractivity contribution in [2.24, 2.45) is 4.99 Å². The lowest BCUT2D eigenvalue weighted by Crippen LogP contribution is -2.47. The minimum atomic E-state index is 0.306. The van der Waals surface area contributed by atoms with Gasteiger partial charge in [0.25, 0.3) is 0 Å². The van der Waals surface area contributed by atoms with Gasteiger partial charge in [0.05, 0.1) is 0 Å². The summed E-state index contributed by atoms with van der Waals surface area (Å²) in [5.41, 5.74) is 0. The maximum absolute atomic E-state index is 6.05. The van der Waals surface area contributed by atoms with Gasteiger partial charge in [0.15, 0.2) is 5.96 Å². The molecule has 1 aliphatic rings. The lowest BCUT2D eigenvalue weighted by atomic mass is 10.1. The van der Waals surface area contributed by atoms with E-state index >= 15 is 0 Å². The summed E-state index contributed by atoms with van der Waals surface area (Å²) in [7, 11) is 6.07. The third-order valence-electron chi connectivity index (χ3n) is 4.06. The lowest BCUT2D eigenvalue weighted by molar-refractivity contribution is 0.129. The van der Waals surface area contributed by atoms with E-state index in [2.05, 4.69) is 34.2 Å². The Morgan fingerprint density at radius 3 is 2.57 bits per heavy atom. The van der Waals surface area contributed by atoms with Crippen LogP contribution in [0.25, 0.3) is 0 Å². The van der Waals surface area contributed by atoms with Crippen molar-refractivity contribution in [3.8, 4) is 5.75 Å². The molecule has 0 spiro atoms. The van der Waals surface area contributed by atoms with Gasteiger partial charge in [-0.05, 0) is 39.2 Å². The van der Waals surface area contributed by atoms with Crippen LogP contribution in [0, 0.1) is 0 Å². The maximum Gasteiger partial charge on any atom is 0.193 e. The van der Waals surface area contributed by atoms with Crippen molar-refractivity contribution < 1.29 is 4.74 Å². The lowest BCUT2D eigenvalue weighted by Gasteiger charge is -2.34. The van der Waals surface area contributed by atoms with Crippen molar-refractivity contribution in [3.05, 3.63) is 30.3 Å². The van der Waals surface area contributed by atoms with Gasteiger partial charge < -0.3 is 19.9 Å². The maximum atomic E-state index is 6.05. The zero-order chi connectivity index (χ0) is 16.5. The normalized spacial score (nSPS) is 16.7. The first-order valence-electron chi connectivity index (χ1n) is 8.51. The predicted molar refractivity (Wildman–Crippen MR) is 96.2 cm³/mol. The number of hydrogen-bond donors (Lipinski definition) is 1. The highest BCUT2D eigenvalue weighted by atomic mass is 16.5. The van der Waals surface area contributed by atoms with Crippen molar-refractivity contribution in [1.29, 1.82) is 0 Å². The van der Waals surface area contributed by atoms with E-state index in [0.29, 0.717) is 6.10 Å². The van der Waals surface area contributed by atoms with Crippen LogP contribution in [0.2, 0.25) is 0 Å². The molecular weight excluding hydrogens is 288 g/mol. The van der Waals surface area contributed by atoms with Crippen LogP contribution in [0.4, 0.5) is 0 Å². The van der Waals surface area contributed by atoms with E-state index in [1.165, 1.54) is 0 Å². The summed E-state index contributed by atoms with van der Waals surface area (Å²) in [5, 5.41) is 3.47. The van der Waals surface area contributed by atoms with Gasteiger partial charge in [-0.2, -0.15) is 0 Å². The molecule has 1 aromatic carbocycles. The fraction of sp³-hybridized carbons (Fsp3) is 0.611. The standard InChI is InChI=1S/C18H30N4O/c1-19-18(20-12-7-13-21(2)3)22-14-10-17(11-15-22)23-16-8-5-4-6-9-16/h4-6,8-9,17H,7,10-15H2,1-3H3,(H,19,20). The average Bonchev–Trinajstić information content (AvgIpc) is 2.57. The Labute approximate surface area is 140 Å². The number of para-hydroxylation sites is 1. The van der Waals surface area contributed by atoms with Crippen molar-refractivity contribution in [2.45, 2.75) is 25.4 Å². The predicted octanol–water partition coefficient (Wildman–Crippen LogP) is 2.06. The van der Waals surface area contributed by atoms with Crippen molar-refractivity contribution >= 4 is 5.96 Å².